The normalized spacial score (nSPS) is 14.7. The average Bonchev–Trinajstić information content (AvgIpc) is 3.02. The van der Waals surface area contributed by atoms with Crippen LogP contribution in [-0.4, -0.2) is 81.6 Å². The van der Waals surface area contributed by atoms with Gasteiger partial charge >= 0.3 is 5.97 Å². The highest BCUT2D eigenvalue weighted by atomic mass is 35.5. The van der Waals surface area contributed by atoms with Gasteiger partial charge in [-0.25, -0.2) is 8.42 Å². The molecule has 1 aromatic heterocycles. The Kier molecular flexibility index (Phi) is 12.1. The third-order valence-electron chi connectivity index (χ3n) is 7.27. The summed E-state index contributed by atoms with van der Waals surface area (Å²) in [5, 5.41) is 0.497. The fraction of sp³-hybridized carbons (Fsp3) is 0.375. The molecule has 3 aromatic rings. The minimum Gasteiger partial charge on any atom is -0.469 e. The first-order chi connectivity index (χ1) is 20.4. The van der Waals surface area contributed by atoms with Crippen LogP contribution in [0.15, 0.2) is 84.0 Å². The summed E-state index contributed by atoms with van der Waals surface area (Å²) in [7, 11) is -2.30. The topological polar surface area (TPSA) is 89.0 Å². The number of hydrogen-bond donors (Lipinski definition) is 0. The van der Waals surface area contributed by atoms with Crippen LogP contribution in [0.5, 0.6) is 0 Å². The van der Waals surface area contributed by atoms with E-state index in [-0.39, 0.29) is 10.9 Å². The molecule has 0 spiro atoms. The number of hydrogen-bond acceptors (Lipinski definition) is 7. The van der Waals surface area contributed by atoms with Crippen molar-refractivity contribution < 1.29 is 22.7 Å². The van der Waals surface area contributed by atoms with Crippen LogP contribution in [0.25, 0.3) is 5.57 Å². The first-order valence-electron chi connectivity index (χ1n) is 14.2. The van der Waals surface area contributed by atoms with Crippen molar-refractivity contribution in [3.8, 4) is 0 Å². The minimum atomic E-state index is -3.70. The van der Waals surface area contributed by atoms with Crippen molar-refractivity contribution in [3.05, 3.63) is 101 Å². The Hall–Kier alpha value is -3.08. The number of carbonyl (C=O) groups is 1. The number of nitrogens with zero attached hydrogens (tertiary/aromatic N) is 3. The number of benzene rings is 2. The second-order valence-corrected chi connectivity index (χ2v) is 12.5. The van der Waals surface area contributed by atoms with Crippen LogP contribution < -0.4 is 0 Å². The lowest BCUT2D eigenvalue weighted by Crippen LogP contribution is -2.43. The van der Waals surface area contributed by atoms with Gasteiger partial charge in [-0.2, -0.15) is 4.31 Å². The van der Waals surface area contributed by atoms with Crippen LogP contribution in [0.1, 0.15) is 36.0 Å². The number of morpholine rings is 1. The maximum atomic E-state index is 13.6. The molecule has 0 atom stereocenters. The molecule has 42 heavy (non-hydrogen) atoms. The van der Waals surface area contributed by atoms with E-state index in [1.54, 1.807) is 34.8 Å². The van der Waals surface area contributed by atoms with Crippen molar-refractivity contribution in [2.75, 3.05) is 53.0 Å². The predicted octanol–water partition coefficient (Wildman–Crippen LogP) is 5.08. The number of sulfonamides is 1. The number of ether oxygens (including phenoxy) is 2. The van der Waals surface area contributed by atoms with Gasteiger partial charge in [0, 0.05) is 62.1 Å². The molecule has 0 bridgehead atoms. The van der Waals surface area contributed by atoms with Crippen LogP contribution in [0.4, 0.5) is 0 Å². The first-order valence-corrected chi connectivity index (χ1v) is 16.0. The number of rotatable bonds is 14. The molecule has 10 heteroatoms. The smallest absolute Gasteiger partial charge is 0.305 e. The molecular weight excluding hydrogens is 574 g/mol. The van der Waals surface area contributed by atoms with Crippen molar-refractivity contribution in [1.29, 1.82) is 0 Å². The summed E-state index contributed by atoms with van der Waals surface area (Å²) in [5.41, 5.74) is 4.10. The first kappa shape index (κ1) is 31.8. The molecule has 2 heterocycles. The number of unbranched alkanes of at least 4 members (excludes halogenated alkanes) is 1. The van der Waals surface area contributed by atoms with Crippen molar-refractivity contribution in [2.45, 2.75) is 30.6 Å². The predicted molar refractivity (Wildman–Crippen MR) is 165 cm³/mol. The van der Waals surface area contributed by atoms with Gasteiger partial charge in [-0.3, -0.25) is 14.7 Å². The van der Waals surface area contributed by atoms with Crippen molar-refractivity contribution in [3.63, 3.8) is 0 Å². The largest absolute Gasteiger partial charge is 0.469 e. The van der Waals surface area contributed by atoms with Gasteiger partial charge in [0.25, 0.3) is 0 Å². The van der Waals surface area contributed by atoms with E-state index in [0.29, 0.717) is 57.1 Å². The molecule has 0 N–H and O–H groups in total. The molecule has 8 nitrogen and oxygen atoms in total. The second kappa shape index (κ2) is 16.0. The van der Waals surface area contributed by atoms with Gasteiger partial charge in [0.1, 0.15) is 0 Å². The van der Waals surface area contributed by atoms with Crippen LogP contribution >= 0.6 is 11.6 Å². The van der Waals surface area contributed by atoms with Crippen molar-refractivity contribution in [2.24, 2.45) is 0 Å². The van der Waals surface area contributed by atoms with Gasteiger partial charge in [0.05, 0.1) is 25.2 Å². The van der Waals surface area contributed by atoms with Gasteiger partial charge in [-0.1, -0.05) is 48.0 Å². The fourth-order valence-electron chi connectivity index (χ4n) is 4.81. The van der Waals surface area contributed by atoms with Gasteiger partial charge in [0.2, 0.25) is 10.0 Å². The Morgan fingerprint density at radius 1 is 1.05 bits per heavy atom. The monoisotopic (exact) mass is 611 g/mol. The minimum absolute atomic E-state index is 0.215. The molecule has 0 aliphatic carbocycles. The van der Waals surface area contributed by atoms with E-state index in [0.717, 1.165) is 41.8 Å². The fourth-order valence-corrected chi connectivity index (χ4v) is 6.37. The van der Waals surface area contributed by atoms with E-state index >= 15 is 0 Å². The third kappa shape index (κ3) is 9.21. The molecule has 0 radical (unpaired) electrons. The molecule has 0 saturated carbocycles. The second-order valence-electron chi connectivity index (χ2n) is 10.1. The van der Waals surface area contributed by atoms with Crippen LogP contribution in [-0.2, 0) is 30.7 Å². The highest BCUT2D eigenvalue weighted by Gasteiger charge is 2.25. The van der Waals surface area contributed by atoms with Gasteiger partial charge in [-0.05, 0) is 66.3 Å². The Morgan fingerprint density at radius 2 is 1.79 bits per heavy atom. The third-order valence-corrected chi connectivity index (χ3v) is 9.43. The average molecular weight is 612 g/mol. The molecule has 0 unspecified atom stereocenters. The van der Waals surface area contributed by atoms with E-state index in [9.17, 15) is 13.2 Å². The zero-order valence-electron chi connectivity index (χ0n) is 24.0. The summed E-state index contributed by atoms with van der Waals surface area (Å²) in [5.74, 6) is -0.215. The number of carbonyl (C=O) groups excluding carboxylic acids is 1. The van der Waals surface area contributed by atoms with Crippen molar-refractivity contribution >= 4 is 33.2 Å². The van der Waals surface area contributed by atoms with Gasteiger partial charge in [-0.15, -0.1) is 0 Å². The summed E-state index contributed by atoms with van der Waals surface area (Å²) in [6.45, 7) is 4.31. The standard InChI is InChI=1S/C32H38ClN3O5S/c1-40-32(37)7-3-2-6-31(28-5-4-17-34-25-28)27-10-8-26(9-11-27)16-18-36(20-19-35-21-23-41-24-22-35)42(38,39)30-14-12-29(33)13-15-30/h4-6,8-15,17,25H,2-3,7,16,18-24H2,1H3/b31-6+. The quantitative estimate of drug-likeness (QED) is 0.186. The number of pyridine rings is 1. The lowest BCUT2D eigenvalue weighted by atomic mass is 9.96. The van der Waals surface area contributed by atoms with Gasteiger partial charge < -0.3 is 9.47 Å². The summed E-state index contributed by atoms with van der Waals surface area (Å²) in [6, 6.07) is 18.5. The number of halogens is 1. The molecule has 224 valence electrons. The van der Waals surface area contributed by atoms with Crippen LogP contribution in [0, 0.1) is 0 Å². The maximum Gasteiger partial charge on any atom is 0.305 e. The molecule has 1 aliphatic rings. The molecule has 0 amide bonds. The molecule has 4 rings (SSSR count). The maximum absolute atomic E-state index is 13.6. The highest BCUT2D eigenvalue weighted by molar-refractivity contribution is 7.89. The number of esters is 1. The summed E-state index contributed by atoms with van der Waals surface area (Å²) in [4.78, 5) is 18.3. The lowest BCUT2D eigenvalue weighted by molar-refractivity contribution is -0.140. The van der Waals surface area contributed by atoms with E-state index in [1.807, 2.05) is 30.5 Å². The van der Waals surface area contributed by atoms with Crippen molar-refractivity contribution in [1.82, 2.24) is 14.2 Å². The highest BCUT2D eigenvalue weighted by Crippen LogP contribution is 2.25. The summed E-state index contributed by atoms with van der Waals surface area (Å²) >= 11 is 6.02. The Labute approximate surface area is 254 Å². The molecule has 2 aromatic carbocycles. The lowest BCUT2D eigenvalue weighted by Gasteiger charge is -2.29. The molecule has 1 aliphatic heterocycles. The summed E-state index contributed by atoms with van der Waals surface area (Å²) < 4.78 is 39.0. The van der Waals surface area contributed by atoms with Crippen LogP contribution in [0.2, 0.25) is 5.02 Å². The zero-order valence-corrected chi connectivity index (χ0v) is 25.5. The van der Waals surface area contributed by atoms with E-state index in [4.69, 9.17) is 21.1 Å². The molecule has 1 fully saturated rings. The molecule has 1 saturated heterocycles. The number of methoxy groups -OCH3 is 1. The number of aromatic nitrogens is 1. The van der Waals surface area contributed by atoms with E-state index in [1.165, 1.54) is 7.11 Å². The molecular formula is C32H38ClN3O5S. The van der Waals surface area contributed by atoms with Gasteiger partial charge in [0.15, 0.2) is 0 Å². The Bertz CT molecular complexity index is 1410. The van der Waals surface area contributed by atoms with Crippen LogP contribution in [0.3, 0.4) is 0 Å². The summed E-state index contributed by atoms with van der Waals surface area (Å²) in [6.07, 6.45) is 8.05. The number of allylic oxidation sites excluding steroid dienone is 1. The zero-order chi connectivity index (χ0) is 29.8. The Morgan fingerprint density at radius 3 is 2.45 bits per heavy atom. The SMILES string of the molecule is COC(=O)CCC/C=C(\c1ccc(CCN(CCN2CCOCC2)S(=O)(=O)c2ccc(Cl)cc2)cc1)c1cccnc1. The Balaban J connectivity index is 1.48. The van der Waals surface area contributed by atoms with E-state index in [2.05, 4.69) is 28.1 Å². The van der Waals surface area contributed by atoms with E-state index < -0.39 is 10.0 Å².